The Hall–Kier alpha value is -0.920. The number of thiophene rings is 1. The molecule has 0 aliphatic heterocycles. The summed E-state index contributed by atoms with van der Waals surface area (Å²) >= 11 is 2.03. The third kappa shape index (κ3) is 3.14. The molecule has 0 spiro atoms. The van der Waals surface area contributed by atoms with Crippen LogP contribution in [0.3, 0.4) is 0 Å². The Morgan fingerprint density at radius 1 is 1.10 bits per heavy atom. The molecule has 2 aromatic heterocycles. The third-order valence-corrected chi connectivity index (χ3v) is 5.95. The number of rotatable bonds is 2. The van der Waals surface area contributed by atoms with Gasteiger partial charge in [0.25, 0.3) is 0 Å². The highest BCUT2D eigenvalue weighted by molar-refractivity contribution is 7.13. The average molecular weight is 333 g/mol. The fourth-order valence-electron chi connectivity index (χ4n) is 2.51. The van der Waals surface area contributed by atoms with E-state index in [4.69, 9.17) is 0 Å². The largest absolute Gasteiger partial charge is 0.443 e. The number of hydrogen-bond acceptors (Lipinski definition) is 4. The molecular weight excluding hydrogens is 319 g/mol. The molecule has 0 fully saturated rings. The van der Waals surface area contributed by atoms with E-state index in [2.05, 4.69) is 4.98 Å². The molecular formula is C14H14F3NOS2. The van der Waals surface area contributed by atoms with Crippen LogP contribution in [0.15, 0.2) is 12.3 Å². The molecule has 0 radical (unpaired) electrons. The van der Waals surface area contributed by atoms with E-state index in [1.165, 1.54) is 28.2 Å². The van der Waals surface area contributed by atoms with Crippen molar-refractivity contribution < 1.29 is 18.3 Å². The third-order valence-electron chi connectivity index (χ3n) is 3.57. The van der Waals surface area contributed by atoms with Crippen LogP contribution < -0.4 is 0 Å². The zero-order valence-electron chi connectivity index (χ0n) is 11.1. The molecule has 7 heteroatoms. The lowest BCUT2D eigenvalue weighted by atomic mass is 10.1. The maximum Gasteiger partial charge on any atom is 0.443 e. The number of fused-ring (bicyclic) bond motifs is 1. The summed E-state index contributed by atoms with van der Waals surface area (Å²) in [5, 5.41) is 9.40. The van der Waals surface area contributed by atoms with Crippen LogP contribution in [0.5, 0.6) is 0 Å². The zero-order chi connectivity index (χ0) is 15.0. The number of aromatic nitrogens is 1. The molecule has 0 bridgehead atoms. The minimum Gasteiger partial charge on any atom is -0.382 e. The van der Waals surface area contributed by atoms with Gasteiger partial charge in [-0.05, 0) is 37.3 Å². The van der Waals surface area contributed by atoms with Crippen LogP contribution in [-0.2, 0) is 19.0 Å². The SMILES string of the molecule is OC(c1cnc(C(F)(F)F)s1)c1cc2c(s1)CCCCC2. The summed E-state index contributed by atoms with van der Waals surface area (Å²) < 4.78 is 37.7. The summed E-state index contributed by atoms with van der Waals surface area (Å²) in [6.07, 6.45) is 1.16. The molecule has 0 aromatic carbocycles. The number of aryl methyl sites for hydroxylation is 2. The minimum atomic E-state index is -4.45. The van der Waals surface area contributed by atoms with Crippen molar-refractivity contribution >= 4 is 22.7 Å². The first kappa shape index (κ1) is 15.0. The number of aliphatic hydroxyl groups is 1. The van der Waals surface area contributed by atoms with Crippen LogP contribution >= 0.6 is 22.7 Å². The highest BCUT2D eigenvalue weighted by Gasteiger charge is 2.35. The van der Waals surface area contributed by atoms with Gasteiger partial charge in [0, 0.05) is 16.0 Å². The van der Waals surface area contributed by atoms with Crippen molar-refractivity contribution in [3.05, 3.63) is 37.5 Å². The Morgan fingerprint density at radius 3 is 2.57 bits per heavy atom. The number of alkyl halides is 3. The minimum absolute atomic E-state index is 0.249. The molecule has 2 nitrogen and oxygen atoms in total. The van der Waals surface area contributed by atoms with Gasteiger partial charge in [0.15, 0.2) is 5.01 Å². The molecule has 3 rings (SSSR count). The first-order chi connectivity index (χ1) is 9.95. The number of hydrogen-bond donors (Lipinski definition) is 1. The number of halogens is 3. The van der Waals surface area contributed by atoms with E-state index in [1.807, 2.05) is 6.07 Å². The van der Waals surface area contributed by atoms with Crippen LogP contribution in [0, 0.1) is 0 Å². The molecule has 1 N–H and O–H groups in total. The molecule has 0 saturated heterocycles. The Kier molecular flexibility index (Phi) is 4.07. The van der Waals surface area contributed by atoms with Crippen LogP contribution in [0.25, 0.3) is 0 Å². The van der Waals surface area contributed by atoms with Gasteiger partial charge < -0.3 is 5.11 Å². The fourth-order valence-corrected chi connectivity index (χ4v) is 4.64. The second-order valence-corrected chi connectivity index (χ2v) is 7.36. The van der Waals surface area contributed by atoms with Crippen molar-refractivity contribution in [1.29, 1.82) is 0 Å². The number of thiazole rings is 1. The molecule has 114 valence electrons. The fraction of sp³-hybridized carbons (Fsp3) is 0.500. The van der Waals surface area contributed by atoms with Crippen molar-refractivity contribution in [2.45, 2.75) is 44.4 Å². The summed E-state index contributed by atoms with van der Waals surface area (Å²) in [5.41, 5.74) is 1.24. The number of aliphatic hydroxyl groups excluding tert-OH is 1. The van der Waals surface area contributed by atoms with Gasteiger partial charge in [0.05, 0.1) is 4.88 Å². The van der Waals surface area contributed by atoms with Crippen molar-refractivity contribution in [3.8, 4) is 0 Å². The standard InChI is InChI=1S/C14H14F3NOS2/c15-14(16,17)13-18-7-11(21-13)12(19)10-6-8-4-2-1-3-5-9(8)20-10/h6-7,12,19H,1-5H2. The maximum absolute atomic E-state index is 12.6. The van der Waals surface area contributed by atoms with Crippen LogP contribution in [0.4, 0.5) is 13.2 Å². The Bertz CT molecular complexity index is 609. The van der Waals surface area contributed by atoms with Gasteiger partial charge in [-0.1, -0.05) is 6.42 Å². The monoisotopic (exact) mass is 333 g/mol. The normalized spacial score (nSPS) is 17.3. The molecule has 1 aliphatic carbocycles. The molecule has 2 heterocycles. The zero-order valence-corrected chi connectivity index (χ0v) is 12.7. The van der Waals surface area contributed by atoms with Crippen LogP contribution in [0.1, 0.15) is 50.6 Å². The van der Waals surface area contributed by atoms with Crippen LogP contribution in [0.2, 0.25) is 0 Å². The van der Waals surface area contributed by atoms with Crippen molar-refractivity contribution in [2.24, 2.45) is 0 Å². The Labute approximate surface area is 128 Å². The van der Waals surface area contributed by atoms with E-state index in [1.54, 1.807) is 0 Å². The van der Waals surface area contributed by atoms with Gasteiger partial charge in [-0.25, -0.2) is 4.98 Å². The lowest BCUT2D eigenvalue weighted by Crippen LogP contribution is -2.03. The molecule has 1 atom stereocenters. The second kappa shape index (κ2) is 5.70. The summed E-state index contributed by atoms with van der Waals surface area (Å²) in [7, 11) is 0. The molecule has 0 saturated carbocycles. The smallest absolute Gasteiger partial charge is 0.382 e. The van der Waals surface area contributed by atoms with Crippen molar-refractivity contribution in [3.63, 3.8) is 0 Å². The molecule has 21 heavy (non-hydrogen) atoms. The van der Waals surface area contributed by atoms with Gasteiger partial charge >= 0.3 is 6.18 Å². The first-order valence-electron chi connectivity index (χ1n) is 6.77. The molecule has 0 amide bonds. The quantitative estimate of drug-likeness (QED) is 0.817. The van der Waals surface area contributed by atoms with E-state index in [-0.39, 0.29) is 4.88 Å². The van der Waals surface area contributed by atoms with Gasteiger partial charge in [-0.3, -0.25) is 0 Å². The predicted molar refractivity (Wildman–Crippen MR) is 76.8 cm³/mol. The van der Waals surface area contributed by atoms with Crippen LogP contribution in [-0.4, -0.2) is 10.1 Å². The van der Waals surface area contributed by atoms with Gasteiger partial charge in [0.2, 0.25) is 0 Å². The maximum atomic E-state index is 12.6. The van der Waals surface area contributed by atoms with E-state index in [0.29, 0.717) is 11.3 Å². The molecule has 2 aromatic rings. The highest BCUT2D eigenvalue weighted by Crippen LogP contribution is 2.39. The summed E-state index contributed by atoms with van der Waals surface area (Å²) in [6.45, 7) is 0. The molecule has 1 unspecified atom stereocenters. The first-order valence-corrected chi connectivity index (χ1v) is 8.41. The number of nitrogens with zero attached hydrogens (tertiary/aromatic N) is 1. The van der Waals surface area contributed by atoms with Gasteiger partial charge in [-0.15, -0.1) is 22.7 Å². The summed E-state index contributed by atoms with van der Waals surface area (Å²) in [5.74, 6) is 0. The summed E-state index contributed by atoms with van der Waals surface area (Å²) in [6, 6.07) is 1.95. The lowest BCUT2D eigenvalue weighted by molar-refractivity contribution is -0.137. The topological polar surface area (TPSA) is 33.1 Å². The highest BCUT2D eigenvalue weighted by atomic mass is 32.1. The van der Waals surface area contributed by atoms with E-state index < -0.39 is 17.3 Å². The van der Waals surface area contributed by atoms with Crippen molar-refractivity contribution in [1.82, 2.24) is 4.98 Å². The van der Waals surface area contributed by atoms with E-state index >= 15 is 0 Å². The molecule has 1 aliphatic rings. The summed E-state index contributed by atoms with van der Waals surface area (Å²) in [4.78, 5) is 5.61. The Morgan fingerprint density at radius 2 is 1.86 bits per heavy atom. The average Bonchev–Trinajstić information content (AvgIpc) is 3.01. The second-order valence-electron chi connectivity index (χ2n) is 5.13. The van der Waals surface area contributed by atoms with E-state index in [9.17, 15) is 18.3 Å². The Balaban J connectivity index is 1.85. The van der Waals surface area contributed by atoms with Gasteiger partial charge in [0.1, 0.15) is 6.10 Å². The van der Waals surface area contributed by atoms with Crippen molar-refractivity contribution in [2.75, 3.05) is 0 Å². The lowest BCUT2D eigenvalue weighted by Gasteiger charge is -2.05. The predicted octanol–water partition coefficient (Wildman–Crippen LogP) is 4.57. The van der Waals surface area contributed by atoms with E-state index in [0.717, 1.165) is 36.8 Å². The van der Waals surface area contributed by atoms with Gasteiger partial charge in [-0.2, -0.15) is 13.2 Å².